The van der Waals surface area contributed by atoms with Crippen molar-refractivity contribution in [1.82, 2.24) is 15.2 Å². The Morgan fingerprint density at radius 3 is 2.58 bits per heavy atom. The number of anilines is 1. The van der Waals surface area contributed by atoms with Crippen molar-refractivity contribution in [2.24, 2.45) is 0 Å². The van der Waals surface area contributed by atoms with E-state index in [9.17, 15) is 9.18 Å². The first-order valence-electron chi connectivity index (χ1n) is 8.87. The zero-order valence-electron chi connectivity index (χ0n) is 15.6. The number of pyridine rings is 1. The highest BCUT2D eigenvalue weighted by Crippen LogP contribution is 2.24. The minimum Gasteiger partial charge on any atom is -0.362 e. The van der Waals surface area contributed by atoms with Crippen LogP contribution in [0.1, 0.15) is 27.2 Å². The number of fused-ring (bicyclic) bond motifs is 1. The van der Waals surface area contributed by atoms with Crippen LogP contribution in [0.2, 0.25) is 0 Å². The minimum atomic E-state index is -0.209. The van der Waals surface area contributed by atoms with Gasteiger partial charge >= 0.3 is 0 Å². The van der Waals surface area contributed by atoms with Crippen molar-refractivity contribution in [2.45, 2.75) is 19.4 Å². The van der Waals surface area contributed by atoms with E-state index in [1.54, 1.807) is 7.05 Å². The predicted molar refractivity (Wildman–Crippen MR) is 101 cm³/mol. The molecule has 1 N–H and O–H groups in total. The molecule has 26 heavy (non-hydrogen) atoms. The molecular weight excluding hydrogens is 331 g/mol. The van der Waals surface area contributed by atoms with Gasteiger partial charge in [0, 0.05) is 52.9 Å². The molecule has 2 heterocycles. The summed E-state index contributed by atoms with van der Waals surface area (Å²) in [6.07, 6.45) is 1.69. The van der Waals surface area contributed by atoms with Gasteiger partial charge in [-0.1, -0.05) is 12.1 Å². The van der Waals surface area contributed by atoms with Crippen LogP contribution in [-0.2, 0) is 19.4 Å². The first-order valence-corrected chi connectivity index (χ1v) is 8.87. The van der Waals surface area contributed by atoms with Crippen molar-refractivity contribution in [3.05, 3.63) is 58.5 Å². The molecule has 0 unspecified atom stereocenters. The van der Waals surface area contributed by atoms with Crippen LogP contribution in [0.25, 0.3) is 0 Å². The summed E-state index contributed by atoms with van der Waals surface area (Å²) in [5.41, 5.74) is 3.91. The highest BCUT2D eigenvalue weighted by atomic mass is 19.1. The summed E-state index contributed by atoms with van der Waals surface area (Å²) >= 11 is 0. The molecule has 1 amide bonds. The van der Waals surface area contributed by atoms with E-state index in [4.69, 9.17) is 4.98 Å². The molecule has 2 aromatic rings. The average molecular weight is 356 g/mol. The first-order chi connectivity index (χ1) is 12.5. The number of rotatable bonds is 4. The van der Waals surface area contributed by atoms with Gasteiger partial charge in [-0.2, -0.15) is 0 Å². The van der Waals surface area contributed by atoms with Crippen LogP contribution < -0.4 is 10.2 Å². The van der Waals surface area contributed by atoms with Gasteiger partial charge in [0.15, 0.2) is 0 Å². The number of carbonyl (C=O) groups is 1. The Kier molecular flexibility index (Phi) is 5.52. The van der Waals surface area contributed by atoms with Crippen LogP contribution in [0.15, 0.2) is 30.3 Å². The molecule has 0 saturated heterocycles. The third kappa shape index (κ3) is 4.02. The highest BCUT2D eigenvalue weighted by Gasteiger charge is 2.21. The lowest BCUT2D eigenvalue weighted by Gasteiger charge is -2.19. The van der Waals surface area contributed by atoms with Gasteiger partial charge in [0.25, 0.3) is 5.91 Å². The van der Waals surface area contributed by atoms with Gasteiger partial charge in [-0.15, -0.1) is 0 Å². The van der Waals surface area contributed by atoms with Crippen LogP contribution in [0, 0.1) is 5.82 Å². The van der Waals surface area contributed by atoms with E-state index in [-0.39, 0.29) is 11.7 Å². The average Bonchev–Trinajstić information content (AvgIpc) is 2.84. The standard InChI is InChI=1S/C20H25FN4O/c1-22-20(26)17-12-15-8-10-25(13-14-4-6-16(21)7-5-14)11-9-18(15)23-19(17)24(2)3/h4-7,12H,8-11,13H2,1-3H3,(H,22,26). The van der Waals surface area contributed by atoms with Crippen molar-refractivity contribution >= 4 is 11.7 Å². The van der Waals surface area contributed by atoms with Gasteiger partial charge in [-0.05, 0) is 35.7 Å². The lowest BCUT2D eigenvalue weighted by Crippen LogP contribution is -2.25. The van der Waals surface area contributed by atoms with Gasteiger partial charge < -0.3 is 10.2 Å². The largest absolute Gasteiger partial charge is 0.362 e. The van der Waals surface area contributed by atoms with E-state index >= 15 is 0 Å². The summed E-state index contributed by atoms with van der Waals surface area (Å²) in [4.78, 5) is 21.2. The molecule has 0 fully saturated rings. The molecule has 1 aromatic heterocycles. The summed E-state index contributed by atoms with van der Waals surface area (Å²) in [5.74, 6) is 0.380. The van der Waals surface area contributed by atoms with Gasteiger partial charge in [0.1, 0.15) is 11.6 Å². The first kappa shape index (κ1) is 18.3. The van der Waals surface area contributed by atoms with Gasteiger partial charge in [-0.25, -0.2) is 9.37 Å². The fourth-order valence-corrected chi connectivity index (χ4v) is 3.32. The van der Waals surface area contributed by atoms with Crippen molar-refractivity contribution in [3.63, 3.8) is 0 Å². The lowest BCUT2D eigenvalue weighted by molar-refractivity contribution is 0.0963. The van der Waals surface area contributed by atoms with E-state index in [1.165, 1.54) is 12.1 Å². The molecule has 0 bridgehead atoms. The number of benzene rings is 1. The fourth-order valence-electron chi connectivity index (χ4n) is 3.32. The number of hydrogen-bond acceptors (Lipinski definition) is 4. The van der Waals surface area contributed by atoms with Crippen LogP contribution >= 0.6 is 0 Å². The molecular formula is C20H25FN4O. The smallest absolute Gasteiger partial charge is 0.254 e. The number of nitrogens with one attached hydrogen (secondary N) is 1. The monoisotopic (exact) mass is 356 g/mol. The molecule has 0 aliphatic carbocycles. The van der Waals surface area contributed by atoms with Crippen LogP contribution in [-0.4, -0.2) is 50.0 Å². The Labute approximate surface area is 153 Å². The summed E-state index contributed by atoms with van der Waals surface area (Å²) in [6.45, 7) is 2.57. The van der Waals surface area contributed by atoms with Crippen LogP contribution in [0.5, 0.6) is 0 Å². The quantitative estimate of drug-likeness (QED) is 0.913. The summed E-state index contributed by atoms with van der Waals surface area (Å²) in [6, 6.07) is 8.65. The predicted octanol–water partition coefficient (Wildman–Crippen LogP) is 2.25. The summed E-state index contributed by atoms with van der Waals surface area (Å²) in [5, 5.41) is 2.70. The van der Waals surface area contributed by atoms with Crippen LogP contribution in [0.3, 0.4) is 0 Å². The van der Waals surface area contributed by atoms with Crippen molar-refractivity contribution < 1.29 is 9.18 Å². The maximum Gasteiger partial charge on any atom is 0.254 e. The maximum absolute atomic E-state index is 13.1. The van der Waals surface area contributed by atoms with Crippen molar-refractivity contribution in [3.8, 4) is 0 Å². The number of aromatic nitrogens is 1. The van der Waals surface area contributed by atoms with E-state index < -0.39 is 0 Å². The molecule has 0 spiro atoms. The third-order valence-electron chi connectivity index (χ3n) is 4.75. The lowest BCUT2D eigenvalue weighted by atomic mass is 10.0. The van der Waals surface area contributed by atoms with Crippen LogP contribution in [0.4, 0.5) is 10.2 Å². The van der Waals surface area contributed by atoms with Gasteiger partial charge in [-0.3, -0.25) is 9.69 Å². The third-order valence-corrected chi connectivity index (χ3v) is 4.75. The minimum absolute atomic E-state index is 0.114. The Morgan fingerprint density at radius 1 is 1.23 bits per heavy atom. The highest BCUT2D eigenvalue weighted by molar-refractivity contribution is 5.99. The van der Waals surface area contributed by atoms with E-state index in [0.29, 0.717) is 11.4 Å². The molecule has 0 atom stereocenters. The summed E-state index contributed by atoms with van der Waals surface area (Å²) < 4.78 is 13.1. The molecule has 3 rings (SSSR count). The zero-order valence-corrected chi connectivity index (χ0v) is 15.6. The second-order valence-electron chi connectivity index (χ2n) is 6.84. The number of nitrogens with zero attached hydrogens (tertiary/aromatic N) is 3. The molecule has 1 aliphatic heterocycles. The van der Waals surface area contributed by atoms with E-state index in [2.05, 4.69) is 10.2 Å². The number of carbonyl (C=O) groups excluding carboxylic acids is 1. The molecule has 5 nitrogen and oxygen atoms in total. The molecule has 138 valence electrons. The molecule has 6 heteroatoms. The maximum atomic E-state index is 13.1. The fraction of sp³-hybridized carbons (Fsp3) is 0.400. The van der Waals surface area contributed by atoms with Gasteiger partial charge in [0.05, 0.1) is 5.56 Å². The van der Waals surface area contributed by atoms with Gasteiger partial charge in [0.2, 0.25) is 0 Å². The Balaban J connectivity index is 1.80. The Morgan fingerprint density at radius 2 is 1.92 bits per heavy atom. The zero-order chi connectivity index (χ0) is 18.7. The second-order valence-corrected chi connectivity index (χ2v) is 6.84. The normalized spacial score (nSPS) is 14.5. The molecule has 0 radical (unpaired) electrons. The van der Waals surface area contributed by atoms with Crippen molar-refractivity contribution in [2.75, 3.05) is 39.1 Å². The molecule has 1 aromatic carbocycles. The Hall–Kier alpha value is -2.47. The number of halogens is 1. The van der Waals surface area contributed by atoms with E-state index in [0.717, 1.165) is 49.3 Å². The second kappa shape index (κ2) is 7.83. The molecule has 1 aliphatic rings. The number of hydrogen-bond donors (Lipinski definition) is 1. The number of amides is 1. The van der Waals surface area contributed by atoms with E-state index in [1.807, 2.05) is 37.2 Å². The topological polar surface area (TPSA) is 48.5 Å². The van der Waals surface area contributed by atoms with Crippen molar-refractivity contribution in [1.29, 1.82) is 0 Å². The SMILES string of the molecule is CNC(=O)c1cc2c(nc1N(C)C)CCN(Cc1ccc(F)cc1)CC2. The molecule has 0 saturated carbocycles. The summed E-state index contributed by atoms with van der Waals surface area (Å²) in [7, 11) is 5.44. The Bertz CT molecular complexity index is 789.